The van der Waals surface area contributed by atoms with Gasteiger partial charge in [-0.2, -0.15) is 0 Å². The van der Waals surface area contributed by atoms with E-state index in [-0.39, 0.29) is 33.0 Å². The van der Waals surface area contributed by atoms with E-state index in [1.807, 2.05) is 30.3 Å². The minimum absolute atomic E-state index is 0.0248. The van der Waals surface area contributed by atoms with Gasteiger partial charge in [0.1, 0.15) is 17.6 Å². The summed E-state index contributed by atoms with van der Waals surface area (Å²) < 4.78 is 10.9. The molecule has 4 rings (SSSR count). The van der Waals surface area contributed by atoms with Gasteiger partial charge in [0.15, 0.2) is 5.43 Å². The molecule has 3 aromatic carbocycles. The van der Waals surface area contributed by atoms with Crippen LogP contribution in [0, 0.1) is 10.1 Å². The van der Waals surface area contributed by atoms with Gasteiger partial charge in [-0.1, -0.05) is 41.9 Å². The van der Waals surface area contributed by atoms with Gasteiger partial charge in [-0.15, -0.1) is 0 Å². The summed E-state index contributed by atoms with van der Waals surface area (Å²) in [7, 11) is 0. The van der Waals surface area contributed by atoms with Gasteiger partial charge >= 0.3 is 5.97 Å². The molecule has 0 fully saturated rings. The first kappa shape index (κ1) is 19.4. The number of nitro groups is 1. The number of rotatable bonds is 4. The topological polar surface area (TPSA) is 99.7 Å². The molecule has 0 radical (unpaired) electrons. The van der Waals surface area contributed by atoms with E-state index in [1.54, 1.807) is 0 Å². The molecule has 1 aromatic heterocycles. The highest BCUT2D eigenvalue weighted by atomic mass is 35.5. The summed E-state index contributed by atoms with van der Waals surface area (Å²) in [6.07, 6.45) is 1.36. The monoisotopic (exact) mass is 421 g/mol. The van der Waals surface area contributed by atoms with Gasteiger partial charge in [0.05, 0.1) is 26.5 Å². The Bertz CT molecular complexity index is 1350. The van der Waals surface area contributed by atoms with Crippen LogP contribution in [0.1, 0.15) is 10.4 Å². The highest BCUT2D eigenvalue weighted by molar-refractivity contribution is 6.33. The van der Waals surface area contributed by atoms with Gasteiger partial charge in [-0.05, 0) is 23.8 Å². The van der Waals surface area contributed by atoms with Gasteiger partial charge < -0.3 is 9.15 Å². The lowest BCUT2D eigenvalue weighted by Gasteiger charge is -2.07. The maximum Gasteiger partial charge on any atom is 0.345 e. The van der Waals surface area contributed by atoms with Crippen molar-refractivity contribution in [2.75, 3.05) is 0 Å². The summed E-state index contributed by atoms with van der Waals surface area (Å²) in [5.41, 5.74) is 0.932. The number of carbonyl (C=O) groups is 1. The number of ether oxygens (including phenoxy) is 1. The van der Waals surface area contributed by atoms with Crippen LogP contribution >= 0.6 is 11.6 Å². The van der Waals surface area contributed by atoms with Gasteiger partial charge in [0.2, 0.25) is 0 Å². The maximum absolute atomic E-state index is 12.8. The van der Waals surface area contributed by atoms with Gasteiger partial charge in [0.25, 0.3) is 5.69 Å². The molecule has 0 aliphatic carbocycles. The van der Waals surface area contributed by atoms with E-state index in [0.29, 0.717) is 10.9 Å². The average Bonchev–Trinajstić information content (AvgIpc) is 2.74. The number of nitrogens with zero attached hydrogens (tertiary/aromatic N) is 1. The zero-order valence-corrected chi connectivity index (χ0v) is 16.0. The zero-order valence-electron chi connectivity index (χ0n) is 15.2. The van der Waals surface area contributed by atoms with Crippen molar-refractivity contribution in [1.82, 2.24) is 0 Å². The number of non-ortho nitro benzene ring substituents is 1. The number of hydrogen-bond donors (Lipinski definition) is 0. The molecule has 0 aliphatic heterocycles. The van der Waals surface area contributed by atoms with E-state index in [9.17, 15) is 19.7 Å². The average molecular weight is 422 g/mol. The molecular weight excluding hydrogens is 410 g/mol. The van der Waals surface area contributed by atoms with Crippen molar-refractivity contribution in [2.45, 2.75) is 0 Å². The lowest BCUT2D eigenvalue weighted by Crippen LogP contribution is -2.10. The van der Waals surface area contributed by atoms with Crippen molar-refractivity contribution in [2.24, 2.45) is 0 Å². The first-order valence-electron chi connectivity index (χ1n) is 8.71. The van der Waals surface area contributed by atoms with E-state index < -0.39 is 10.9 Å². The predicted octanol–water partition coefficient (Wildman–Crippen LogP) is 5.24. The number of esters is 1. The highest BCUT2D eigenvalue weighted by Crippen LogP contribution is 2.26. The van der Waals surface area contributed by atoms with Crippen LogP contribution in [-0.2, 0) is 0 Å². The lowest BCUT2D eigenvalue weighted by molar-refractivity contribution is -0.384. The van der Waals surface area contributed by atoms with Crippen molar-refractivity contribution in [1.29, 1.82) is 0 Å². The van der Waals surface area contributed by atoms with Crippen LogP contribution in [0.25, 0.3) is 22.1 Å². The van der Waals surface area contributed by atoms with Crippen molar-refractivity contribution in [3.05, 3.63) is 104 Å². The summed E-state index contributed by atoms with van der Waals surface area (Å²) in [6.45, 7) is 0. The Labute approximate surface area is 174 Å². The molecule has 0 N–H and O–H groups in total. The Morgan fingerprint density at radius 3 is 2.50 bits per heavy atom. The molecule has 0 bridgehead atoms. The molecule has 0 saturated heterocycles. The minimum Gasteiger partial charge on any atom is -0.463 e. The first-order chi connectivity index (χ1) is 14.4. The van der Waals surface area contributed by atoms with Crippen LogP contribution in [0.4, 0.5) is 5.69 Å². The third kappa shape index (κ3) is 3.66. The quantitative estimate of drug-likeness (QED) is 0.193. The Morgan fingerprint density at radius 1 is 1.03 bits per heavy atom. The summed E-state index contributed by atoms with van der Waals surface area (Å²) in [5.74, 6) is -0.657. The fourth-order valence-electron chi connectivity index (χ4n) is 2.93. The molecular formula is C22H12ClNO6. The van der Waals surface area contributed by atoms with E-state index in [2.05, 4.69) is 0 Å². The molecule has 0 saturated carbocycles. The van der Waals surface area contributed by atoms with Crippen LogP contribution in [0.2, 0.25) is 5.02 Å². The van der Waals surface area contributed by atoms with E-state index in [4.69, 9.17) is 20.8 Å². The molecule has 0 amide bonds. The van der Waals surface area contributed by atoms with Crippen molar-refractivity contribution < 1.29 is 18.9 Å². The second kappa shape index (κ2) is 7.81. The lowest BCUT2D eigenvalue weighted by atomic mass is 10.1. The maximum atomic E-state index is 12.8. The van der Waals surface area contributed by atoms with Crippen molar-refractivity contribution in [3.63, 3.8) is 0 Å². The van der Waals surface area contributed by atoms with E-state index >= 15 is 0 Å². The van der Waals surface area contributed by atoms with Crippen LogP contribution in [0.15, 0.2) is 82.2 Å². The Hall–Kier alpha value is -3.97. The molecule has 148 valence electrons. The largest absolute Gasteiger partial charge is 0.463 e. The number of nitro benzene ring substituents is 1. The Morgan fingerprint density at radius 2 is 1.80 bits per heavy atom. The molecule has 1 heterocycles. The van der Waals surface area contributed by atoms with Crippen LogP contribution in [0.3, 0.4) is 0 Å². The molecule has 0 aliphatic rings. The SMILES string of the molecule is O=C(Oc1ccc2c(=O)c(-c3ccccc3)coc2c1)c1ccc([N+](=O)[O-])cc1Cl. The minimum atomic E-state index is -0.794. The molecule has 30 heavy (non-hydrogen) atoms. The number of hydrogen-bond acceptors (Lipinski definition) is 6. The fraction of sp³-hybridized carbons (Fsp3) is 0. The molecule has 0 unspecified atom stereocenters. The second-order valence-electron chi connectivity index (χ2n) is 6.31. The van der Waals surface area contributed by atoms with Crippen molar-refractivity contribution >= 4 is 34.2 Å². The van der Waals surface area contributed by atoms with Gasteiger partial charge in [-0.3, -0.25) is 14.9 Å². The number of benzene rings is 3. The first-order valence-corrected chi connectivity index (χ1v) is 9.09. The number of halogens is 1. The smallest absolute Gasteiger partial charge is 0.345 e. The van der Waals surface area contributed by atoms with Crippen molar-refractivity contribution in [3.8, 4) is 16.9 Å². The summed E-state index contributed by atoms with van der Waals surface area (Å²) in [6, 6.07) is 17.0. The summed E-state index contributed by atoms with van der Waals surface area (Å²) >= 11 is 5.96. The fourth-order valence-corrected chi connectivity index (χ4v) is 3.19. The van der Waals surface area contributed by atoms with Crippen LogP contribution in [-0.4, -0.2) is 10.9 Å². The number of carbonyl (C=O) groups excluding carboxylic acids is 1. The highest BCUT2D eigenvalue weighted by Gasteiger charge is 2.17. The molecule has 8 heteroatoms. The third-order valence-corrected chi connectivity index (χ3v) is 4.74. The molecule has 7 nitrogen and oxygen atoms in total. The standard InChI is InChI=1S/C22H12ClNO6/c23-19-10-14(24(27)28)6-8-16(19)22(26)30-15-7-9-17-20(11-15)29-12-18(21(17)25)13-4-2-1-3-5-13/h1-12H. The van der Waals surface area contributed by atoms with Gasteiger partial charge in [-0.25, -0.2) is 4.79 Å². The Kier molecular flexibility index (Phi) is 5.04. The molecule has 0 atom stereocenters. The van der Waals surface area contributed by atoms with Gasteiger partial charge in [0, 0.05) is 18.2 Å². The van der Waals surface area contributed by atoms with E-state index in [0.717, 1.165) is 17.7 Å². The third-order valence-electron chi connectivity index (χ3n) is 4.42. The Balaban J connectivity index is 1.64. The van der Waals surface area contributed by atoms with E-state index in [1.165, 1.54) is 30.5 Å². The normalized spacial score (nSPS) is 10.7. The number of fused-ring (bicyclic) bond motifs is 1. The summed E-state index contributed by atoms with van der Waals surface area (Å²) in [4.78, 5) is 35.3. The summed E-state index contributed by atoms with van der Waals surface area (Å²) in [5, 5.41) is 11.0. The zero-order chi connectivity index (χ0) is 21.3. The molecule has 0 spiro atoms. The van der Waals surface area contributed by atoms with Crippen LogP contribution in [0.5, 0.6) is 5.75 Å². The predicted molar refractivity (Wildman–Crippen MR) is 111 cm³/mol. The molecule has 4 aromatic rings. The second-order valence-corrected chi connectivity index (χ2v) is 6.72. The van der Waals surface area contributed by atoms with Crippen LogP contribution < -0.4 is 10.2 Å².